The summed E-state index contributed by atoms with van der Waals surface area (Å²) in [6, 6.07) is 34.9. The minimum Gasteiger partial charge on any atom is -0.279 e. The molecular formula is C28H22N3OS+. The molecule has 0 fully saturated rings. The predicted octanol–water partition coefficient (Wildman–Crippen LogP) is 6.04. The van der Waals surface area contributed by atoms with Crippen LogP contribution < -0.4 is 4.57 Å². The topological polar surface area (TPSA) is 41.7 Å². The summed E-state index contributed by atoms with van der Waals surface area (Å²) in [5.41, 5.74) is 5.34. The number of imidazole rings is 1. The number of thioether (sulfide) groups is 1. The fourth-order valence-electron chi connectivity index (χ4n) is 4.53. The molecular weight excluding hydrogens is 426 g/mol. The monoisotopic (exact) mass is 448 g/mol. The highest BCUT2D eigenvalue weighted by atomic mass is 32.2. The Morgan fingerprint density at radius 1 is 0.758 bits per heavy atom. The molecule has 0 amide bonds. The van der Waals surface area contributed by atoms with E-state index in [4.69, 9.17) is 0 Å². The van der Waals surface area contributed by atoms with Gasteiger partial charge in [-0.05, 0) is 41.6 Å². The number of hydrogen-bond acceptors (Lipinski definition) is 2. The fraction of sp³-hybridized carbons (Fsp3) is 0.0714. The molecule has 0 radical (unpaired) electrons. The van der Waals surface area contributed by atoms with E-state index in [1.54, 1.807) is 11.8 Å². The van der Waals surface area contributed by atoms with E-state index in [1.165, 1.54) is 5.56 Å². The number of nitrogens with zero attached hydrogens (tertiary/aromatic N) is 2. The molecule has 0 spiro atoms. The average Bonchev–Trinajstić information content (AvgIpc) is 3.39. The van der Waals surface area contributed by atoms with Crippen molar-refractivity contribution in [1.29, 1.82) is 0 Å². The number of H-pyrrole nitrogens is 1. The second-order valence-electron chi connectivity index (χ2n) is 8.07. The average molecular weight is 449 g/mol. The SMILES string of the molecule is O=C(CSc1[nH]c2ccccc2[n+]1Cc1ccccc1)n1c2ccccc2c2ccccc21. The molecule has 0 aliphatic carbocycles. The molecule has 33 heavy (non-hydrogen) atoms. The Bertz CT molecular complexity index is 1560. The normalized spacial score (nSPS) is 11.5. The quantitative estimate of drug-likeness (QED) is 0.258. The molecule has 0 saturated heterocycles. The van der Waals surface area contributed by atoms with Gasteiger partial charge in [-0.25, -0.2) is 9.55 Å². The van der Waals surface area contributed by atoms with Crippen LogP contribution in [0.5, 0.6) is 0 Å². The van der Waals surface area contributed by atoms with Crippen molar-refractivity contribution in [3.63, 3.8) is 0 Å². The fourth-order valence-corrected chi connectivity index (χ4v) is 5.42. The molecule has 1 N–H and O–H groups in total. The van der Waals surface area contributed by atoms with Gasteiger partial charge in [0.05, 0.1) is 16.8 Å². The molecule has 0 unspecified atom stereocenters. The zero-order chi connectivity index (χ0) is 22.2. The van der Waals surface area contributed by atoms with Crippen molar-refractivity contribution in [3.8, 4) is 0 Å². The van der Waals surface area contributed by atoms with Gasteiger partial charge in [-0.1, -0.05) is 78.9 Å². The Labute approximate surface area is 195 Å². The summed E-state index contributed by atoms with van der Waals surface area (Å²) < 4.78 is 4.12. The first kappa shape index (κ1) is 19.8. The van der Waals surface area contributed by atoms with Gasteiger partial charge >= 0.3 is 5.16 Å². The van der Waals surface area contributed by atoms with E-state index < -0.39 is 0 Å². The second kappa shape index (κ2) is 8.26. The van der Waals surface area contributed by atoms with E-state index in [2.05, 4.69) is 64.1 Å². The number of carbonyl (C=O) groups is 1. The molecule has 5 heteroatoms. The maximum atomic E-state index is 13.5. The van der Waals surface area contributed by atoms with Gasteiger partial charge < -0.3 is 0 Å². The number of nitrogens with one attached hydrogen (secondary N) is 1. The van der Waals surface area contributed by atoms with Gasteiger partial charge in [0.25, 0.3) is 0 Å². The molecule has 0 atom stereocenters. The van der Waals surface area contributed by atoms with Gasteiger partial charge in [0.15, 0.2) is 11.0 Å². The Balaban J connectivity index is 1.36. The van der Waals surface area contributed by atoms with E-state index in [-0.39, 0.29) is 5.91 Å². The highest BCUT2D eigenvalue weighted by molar-refractivity contribution is 7.99. The first-order valence-corrected chi connectivity index (χ1v) is 12.0. The summed E-state index contributed by atoms with van der Waals surface area (Å²) in [5, 5.41) is 3.20. The van der Waals surface area contributed by atoms with Crippen molar-refractivity contribution in [2.24, 2.45) is 0 Å². The van der Waals surface area contributed by atoms with Crippen molar-refractivity contribution in [1.82, 2.24) is 9.55 Å². The van der Waals surface area contributed by atoms with Crippen LogP contribution in [0.15, 0.2) is 108 Å². The molecule has 2 heterocycles. The largest absolute Gasteiger partial charge is 0.317 e. The van der Waals surface area contributed by atoms with Crippen LogP contribution in [-0.4, -0.2) is 21.2 Å². The van der Waals surface area contributed by atoms with Crippen molar-refractivity contribution in [2.75, 3.05) is 5.75 Å². The van der Waals surface area contributed by atoms with Crippen molar-refractivity contribution in [2.45, 2.75) is 11.7 Å². The van der Waals surface area contributed by atoms with Gasteiger partial charge in [-0.15, -0.1) is 0 Å². The third-order valence-electron chi connectivity index (χ3n) is 6.03. The van der Waals surface area contributed by atoms with Crippen molar-refractivity contribution in [3.05, 3.63) is 109 Å². The van der Waals surface area contributed by atoms with Crippen LogP contribution in [0.2, 0.25) is 0 Å². The molecule has 0 aliphatic heterocycles. The van der Waals surface area contributed by atoms with E-state index in [9.17, 15) is 4.79 Å². The molecule has 4 aromatic carbocycles. The lowest BCUT2D eigenvalue weighted by molar-refractivity contribution is -0.700. The molecule has 0 saturated carbocycles. The summed E-state index contributed by atoms with van der Waals surface area (Å²) in [7, 11) is 0. The van der Waals surface area contributed by atoms with Crippen LogP contribution >= 0.6 is 11.8 Å². The van der Waals surface area contributed by atoms with Gasteiger partial charge in [0, 0.05) is 10.8 Å². The lowest BCUT2D eigenvalue weighted by atomic mass is 10.2. The molecule has 160 valence electrons. The summed E-state index contributed by atoms with van der Waals surface area (Å²) in [5.74, 6) is 0.409. The third-order valence-corrected chi connectivity index (χ3v) is 7.01. The van der Waals surface area contributed by atoms with Gasteiger partial charge in [0.1, 0.15) is 6.54 Å². The van der Waals surface area contributed by atoms with Gasteiger partial charge in [0.2, 0.25) is 5.91 Å². The maximum absolute atomic E-state index is 13.5. The minimum absolute atomic E-state index is 0.0716. The Morgan fingerprint density at radius 3 is 2.09 bits per heavy atom. The predicted molar refractivity (Wildman–Crippen MR) is 135 cm³/mol. The summed E-state index contributed by atoms with van der Waals surface area (Å²) in [4.78, 5) is 17.0. The van der Waals surface area contributed by atoms with Crippen LogP contribution in [0.3, 0.4) is 0 Å². The number of aromatic amines is 1. The summed E-state index contributed by atoms with van der Waals surface area (Å²) in [6.07, 6.45) is 0. The molecule has 4 nitrogen and oxygen atoms in total. The number of aromatic nitrogens is 3. The summed E-state index contributed by atoms with van der Waals surface area (Å²) in [6.45, 7) is 0.747. The molecule has 2 aromatic heterocycles. The standard InChI is InChI=1S/C28H21N3OS/c32-27(31-24-15-7-4-12-21(24)22-13-5-8-16-25(22)31)19-33-28-29-23-14-6-9-17-26(23)30(28)18-20-10-2-1-3-11-20/h1-17H,18-19H2/p+1. The van der Waals surface area contributed by atoms with E-state index in [0.717, 1.165) is 44.5 Å². The second-order valence-corrected chi connectivity index (χ2v) is 9.04. The first-order valence-electron chi connectivity index (χ1n) is 11.0. The van der Waals surface area contributed by atoms with Gasteiger partial charge in [-0.3, -0.25) is 9.36 Å². The number of benzene rings is 4. The highest BCUT2D eigenvalue weighted by Crippen LogP contribution is 2.29. The van der Waals surface area contributed by atoms with E-state index in [1.807, 2.05) is 53.1 Å². The van der Waals surface area contributed by atoms with Crippen LogP contribution in [0.25, 0.3) is 32.8 Å². The zero-order valence-electron chi connectivity index (χ0n) is 17.9. The number of hydrogen-bond donors (Lipinski definition) is 1. The van der Waals surface area contributed by atoms with E-state index in [0.29, 0.717) is 5.75 Å². The van der Waals surface area contributed by atoms with Crippen LogP contribution in [0.1, 0.15) is 10.4 Å². The third kappa shape index (κ3) is 3.51. The Morgan fingerprint density at radius 2 is 1.36 bits per heavy atom. The number of para-hydroxylation sites is 4. The van der Waals surface area contributed by atoms with Gasteiger partial charge in [-0.2, -0.15) is 0 Å². The first-order chi connectivity index (χ1) is 16.3. The lowest BCUT2D eigenvalue weighted by Crippen LogP contribution is -2.35. The maximum Gasteiger partial charge on any atom is 0.317 e. The van der Waals surface area contributed by atoms with E-state index >= 15 is 0 Å². The number of carbonyl (C=O) groups excluding carboxylic acids is 1. The van der Waals surface area contributed by atoms with Crippen molar-refractivity contribution < 1.29 is 9.36 Å². The summed E-state index contributed by atoms with van der Waals surface area (Å²) >= 11 is 1.55. The molecule has 6 rings (SSSR count). The number of rotatable bonds is 5. The smallest absolute Gasteiger partial charge is 0.279 e. The van der Waals surface area contributed by atoms with Crippen molar-refractivity contribution >= 4 is 50.5 Å². The van der Waals surface area contributed by atoms with Crippen LogP contribution in [0.4, 0.5) is 0 Å². The molecule has 0 bridgehead atoms. The Hall–Kier alpha value is -3.83. The van der Waals surface area contributed by atoms with Crippen LogP contribution in [-0.2, 0) is 6.54 Å². The highest BCUT2D eigenvalue weighted by Gasteiger charge is 2.22. The number of fused-ring (bicyclic) bond motifs is 4. The molecule has 0 aliphatic rings. The van der Waals surface area contributed by atoms with Crippen LogP contribution in [0, 0.1) is 0 Å². The zero-order valence-corrected chi connectivity index (χ0v) is 18.8. The lowest BCUT2D eigenvalue weighted by Gasteiger charge is -2.06. The minimum atomic E-state index is 0.0716. The molecule has 6 aromatic rings. The Kier molecular flexibility index (Phi) is 4.96.